The van der Waals surface area contributed by atoms with Crippen LogP contribution in [-0.2, 0) is 4.79 Å². The number of hydrogen-bond donors (Lipinski definition) is 1. The van der Waals surface area contributed by atoms with E-state index in [1.54, 1.807) is 0 Å². The van der Waals surface area contributed by atoms with Crippen LogP contribution in [0, 0.1) is 13.8 Å². The Morgan fingerprint density at radius 3 is 2.70 bits per heavy atom. The fourth-order valence-corrected chi connectivity index (χ4v) is 2.61. The van der Waals surface area contributed by atoms with Crippen molar-refractivity contribution in [2.45, 2.75) is 33.0 Å². The van der Waals surface area contributed by atoms with Crippen LogP contribution < -0.4 is 5.32 Å². The van der Waals surface area contributed by atoms with Crippen molar-refractivity contribution in [3.8, 4) is 0 Å². The Bertz CT molecular complexity index is 498. The second-order valence-corrected chi connectivity index (χ2v) is 6.00. The molecule has 20 heavy (non-hydrogen) atoms. The normalized spacial score (nSPS) is 20.8. The number of amides is 1. The summed E-state index contributed by atoms with van der Waals surface area (Å²) in [5.74, 6) is 0.184. The molecule has 0 radical (unpaired) electrons. The van der Waals surface area contributed by atoms with Crippen molar-refractivity contribution < 1.29 is 4.79 Å². The minimum Gasteiger partial charge on any atom is -0.320 e. The van der Waals surface area contributed by atoms with Gasteiger partial charge in [0.1, 0.15) is 6.17 Å². The molecule has 2 rings (SSSR count). The Hall–Kier alpha value is -1.39. The van der Waals surface area contributed by atoms with Gasteiger partial charge in [0, 0.05) is 12.6 Å². The summed E-state index contributed by atoms with van der Waals surface area (Å²) < 4.78 is 0. The Morgan fingerprint density at radius 1 is 1.40 bits per heavy atom. The average Bonchev–Trinajstić information content (AvgIpc) is 2.71. The fourth-order valence-electron chi connectivity index (χ4n) is 2.61. The number of likely N-dealkylation sites (N-methyl/N-ethyl adjacent to an activating group) is 1. The van der Waals surface area contributed by atoms with Crippen LogP contribution in [0.25, 0.3) is 0 Å². The summed E-state index contributed by atoms with van der Waals surface area (Å²) in [7, 11) is 4.09. The van der Waals surface area contributed by atoms with Gasteiger partial charge in [-0.15, -0.1) is 0 Å². The maximum Gasteiger partial charge on any atom is 0.238 e. The lowest BCUT2D eigenvalue weighted by atomic mass is 10.0. The highest BCUT2D eigenvalue weighted by Crippen LogP contribution is 2.26. The van der Waals surface area contributed by atoms with Crippen LogP contribution in [0.5, 0.6) is 0 Å². The van der Waals surface area contributed by atoms with Crippen molar-refractivity contribution in [1.82, 2.24) is 15.1 Å². The highest BCUT2D eigenvalue weighted by Gasteiger charge is 2.33. The molecule has 1 aliphatic heterocycles. The topological polar surface area (TPSA) is 35.6 Å². The first-order valence-corrected chi connectivity index (χ1v) is 7.16. The highest BCUT2D eigenvalue weighted by molar-refractivity contribution is 5.81. The summed E-state index contributed by atoms with van der Waals surface area (Å²) >= 11 is 0. The average molecular weight is 275 g/mol. The van der Waals surface area contributed by atoms with E-state index in [0.29, 0.717) is 12.6 Å². The van der Waals surface area contributed by atoms with Gasteiger partial charge < -0.3 is 9.80 Å². The quantitative estimate of drug-likeness (QED) is 0.908. The standard InChI is InChI=1S/C16H25N3O/c1-11-6-7-14(12(2)8-11)16-17-9-15(20)19(16)10-13(3)18(4)5/h6-8,13,16-17H,9-10H2,1-5H3. The van der Waals surface area contributed by atoms with E-state index in [0.717, 1.165) is 6.54 Å². The zero-order valence-corrected chi connectivity index (χ0v) is 13.1. The van der Waals surface area contributed by atoms with Gasteiger partial charge in [-0.1, -0.05) is 23.8 Å². The molecule has 0 bridgehead atoms. The molecule has 0 aromatic heterocycles. The summed E-state index contributed by atoms with van der Waals surface area (Å²) in [5.41, 5.74) is 3.69. The van der Waals surface area contributed by atoms with Gasteiger partial charge in [-0.3, -0.25) is 10.1 Å². The Morgan fingerprint density at radius 2 is 2.10 bits per heavy atom. The number of hydrogen-bond acceptors (Lipinski definition) is 3. The first-order valence-electron chi connectivity index (χ1n) is 7.16. The number of nitrogens with one attached hydrogen (secondary N) is 1. The molecule has 110 valence electrons. The molecule has 1 aromatic rings. The number of rotatable bonds is 4. The van der Waals surface area contributed by atoms with E-state index < -0.39 is 0 Å². The molecule has 1 aliphatic rings. The van der Waals surface area contributed by atoms with Crippen molar-refractivity contribution in [1.29, 1.82) is 0 Å². The van der Waals surface area contributed by atoms with Gasteiger partial charge in [-0.2, -0.15) is 0 Å². The van der Waals surface area contributed by atoms with Crippen molar-refractivity contribution in [3.05, 3.63) is 34.9 Å². The van der Waals surface area contributed by atoms with Crippen molar-refractivity contribution >= 4 is 5.91 Å². The van der Waals surface area contributed by atoms with Crippen LogP contribution in [0.2, 0.25) is 0 Å². The van der Waals surface area contributed by atoms with Gasteiger partial charge in [0.05, 0.1) is 6.54 Å². The van der Waals surface area contributed by atoms with Gasteiger partial charge in [0.15, 0.2) is 0 Å². The van der Waals surface area contributed by atoms with Gasteiger partial charge in [0.25, 0.3) is 0 Å². The van der Waals surface area contributed by atoms with E-state index in [9.17, 15) is 4.79 Å². The lowest BCUT2D eigenvalue weighted by molar-refractivity contribution is -0.128. The van der Waals surface area contributed by atoms with Crippen LogP contribution in [0.1, 0.15) is 29.8 Å². The molecule has 0 saturated carbocycles. The van der Waals surface area contributed by atoms with E-state index in [4.69, 9.17) is 0 Å². The first-order chi connectivity index (χ1) is 9.40. The van der Waals surface area contributed by atoms with Crippen molar-refractivity contribution in [2.24, 2.45) is 0 Å². The molecule has 4 nitrogen and oxygen atoms in total. The predicted octanol–water partition coefficient (Wildman–Crippen LogP) is 1.68. The fraction of sp³-hybridized carbons (Fsp3) is 0.562. The van der Waals surface area contributed by atoms with Gasteiger partial charge >= 0.3 is 0 Å². The molecule has 1 aromatic carbocycles. The Balaban J connectivity index is 2.23. The lowest BCUT2D eigenvalue weighted by Crippen LogP contribution is -2.41. The molecule has 0 spiro atoms. The zero-order chi connectivity index (χ0) is 14.9. The molecule has 1 saturated heterocycles. The second-order valence-electron chi connectivity index (χ2n) is 6.00. The number of carbonyl (C=O) groups is 1. The lowest BCUT2D eigenvalue weighted by Gasteiger charge is -2.31. The molecule has 0 aliphatic carbocycles. The summed E-state index contributed by atoms with van der Waals surface area (Å²) in [4.78, 5) is 16.2. The van der Waals surface area contributed by atoms with Gasteiger partial charge in [0.2, 0.25) is 5.91 Å². The first kappa shape index (κ1) is 15.0. The third-order valence-electron chi connectivity index (χ3n) is 4.14. The van der Waals surface area contributed by atoms with Gasteiger partial charge in [-0.25, -0.2) is 0 Å². The Labute approximate surface area is 121 Å². The number of aryl methyl sites for hydroxylation is 2. The number of carbonyl (C=O) groups excluding carboxylic acids is 1. The van der Waals surface area contributed by atoms with E-state index in [2.05, 4.69) is 49.2 Å². The molecule has 1 heterocycles. The number of benzene rings is 1. The smallest absolute Gasteiger partial charge is 0.238 e. The van der Waals surface area contributed by atoms with Crippen LogP contribution in [0.3, 0.4) is 0 Å². The van der Waals surface area contributed by atoms with Crippen LogP contribution in [0.15, 0.2) is 18.2 Å². The van der Waals surface area contributed by atoms with Crippen LogP contribution in [-0.4, -0.2) is 48.9 Å². The molecule has 1 N–H and O–H groups in total. The van der Waals surface area contributed by atoms with E-state index in [-0.39, 0.29) is 12.1 Å². The van der Waals surface area contributed by atoms with Crippen LogP contribution in [0.4, 0.5) is 0 Å². The maximum atomic E-state index is 12.1. The van der Waals surface area contributed by atoms with E-state index in [1.165, 1.54) is 16.7 Å². The Kier molecular flexibility index (Phi) is 4.45. The van der Waals surface area contributed by atoms with Crippen LogP contribution >= 0.6 is 0 Å². The third-order valence-corrected chi connectivity index (χ3v) is 4.14. The molecule has 1 fully saturated rings. The highest BCUT2D eigenvalue weighted by atomic mass is 16.2. The number of nitrogens with zero attached hydrogens (tertiary/aromatic N) is 2. The SMILES string of the molecule is Cc1ccc(C2NCC(=O)N2CC(C)N(C)C)c(C)c1. The molecule has 2 atom stereocenters. The molecular formula is C16H25N3O. The van der Waals surface area contributed by atoms with Gasteiger partial charge in [-0.05, 0) is 46.0 Å². The van der Waals surface area contributed by atoms with Crippen molar-refractivity contribution in [3.63, 3.8) is 0 Å². The second kappa shape index (κ2) is 5.94. The predicted molar refractivity (Wildman–Crippen MR) is 81.5 cm³/mol. The molecular weight excluding hydrogens is 250 g/mol. The van der Waals surface area contributed by atoms with Crippen molar-refractivity contribution in [2.75, 3.05) is 27.2 Å². The van der Waals surface area contributed by atoms with E-state index >= 15 is 0 Å². The third kappa shape index (κ3) is 3.02. The largest absolute Gasteiger partial charge is 0.320 e. The van der Waals surface area contributed by atoms with E-state index in [1.807, 2.05) is 19.0 Å². The minimum atomic E-state index is 0.00509. The maximum absolute atomic E-state index is 12.1. The summed E-state index contributed by atoms with van der Waals surface area (Å²) in [5, 5.41) is 3.34. The summed E-state index contributed by atoms with van der Waals surface area (Å²) in [6.45, 7) is 7.52. The molecule has 4 heteroatoms. The monoisotopic (exact) mass is 275 g/mol. The minimum absolute atomic E-state index is 0.00509. The summed E-state index contributed by atoms with van der Waals surface area (Å²) in [6, 6.07) is 6.76. The molecule has 1 amide bonds. The molecule has 2 unspecified atom stereocenters. The zero-order valence-electron chi connectivity index (χ0n) is 13.1. The summed E-state index contributed by atoms with van der Waals surface area (Å²) in [6.07, 6.45) is 0.00509.